The molecule has 1 aromatic carbocycles. The Morgan fingerprint density at radius 3 is 2.94 bits per heavy atom. The van der Waals surface area contributed by atoms with Crippen molar-refractivity contribution in [3.05, 3.63) is 24.0 Å². The molecular weight excluding hydrogens is 219 g/mol. The number of anilines is 1. The molecule has 1 aliphatic rings. The zero-order valence-electron chi connectivity index (χ0n) is 10.5. The van der Waals surface area contributed by atoms with Crippen molar-refractivity contribution >= 4 is 5.69 Å². The molecule has 1 aromatic rings. The zero-order chi connectivity index (χ0) is 12.4. The van der Waals surface area contributed by atoms with Crippen LogP contribution >= 0.6 is 0 Å². The highest BCUT2D eigenvalue weighted by atomic mass is 19.1. The second-order valence-electron chi connectivity index (χ2n) is 4.51. The maximum Gasteiger partial charge on any atom is 0.143 e. The SMILES string of the molecule is CNCCC1Oc2ccc(F)cc2N(C)C1C. The van der Waals surface area contributed by atoms with Gasteiger partial charge in [0.15, 0.2) is 0 Å². The van der Waals surface area contributed by atoms with Gasteiger partial charge >= 0.3 is 0 Å². The predicted octanol–water partition coefficient (Wildman–Crippen LogP) is 2.02. The van der Waals surface area contributed by atoms with Gasteiger partial charge in [0.1, 0.15) is 17.7 Å². The molecule has 2 unspecified atom stereocenters. The second-order valence-corrected chi connectivity index (χ2v) is 4.51. The fourth-order valence-corrected chi connectivity index (χ4v) is 2.18. The molecule has 1 aliphatic heterocycles. The molecule has 0 aliphatic carbocycles. The minimum Gasteiger partial charge on any atom is -0.486 e. The largest absolute Gasteiger partial charge is 0.486 e. The Kier molecular flexibility index (Phi) is 3.52. The Hall–Kier alpha value is -1.29. The van der Waals surface area contributed by atoms with Gasteiger partial charge in [-0.25, -0.2) is 4.39 Å². The van der Waals surface area contributed by atoms with Gasteiger partial charge in [-0.3, -0.25) is 0 Å². The highest BCUT2D eigenvalue weighted by Gasteiger charge is 2.30. The molecule has 0 amide bonds. The summed E-state index contributed by atoms with van der Waals surface area (Å²) in [6.45, 7) is 3.02. The molecule has 3 nitrogen and oxygen atoms in total. The van der Waals surface area contributed by atoms with Crippen LogP contribution in [0.5, 0.6) is 5.75 Å². The first kappa shape index (κ1) is 12.2. The molecule has 0 saturated carbocycles. The molecular formula is C13H19FN2O. The van der Waals surface area contributed by atoms with Gasteiger partial charge in [-0.2, -0.15) is 0 Å². The fourth-order valence-electron chi connectivity index (χ4n) is 2.18. The van der Waals surface area contributed by atoms with E-state index in [-0.39, 0.29) is 18.0 Å². The number of hydrogen-bond donors (Lipinski definition) is 1. The molecule has 0 aromatic heterocycles. The van der Waals surface area contributed by atoms with Gasteiger partial charge in [-0.1, -0.05) is 0 Å². The molecule has 0 spiro atoms. The summed E-state index contributed by atoms with van der Waals surface area (Å²) >= 11 is 0. The van der Waals surface area contributed by atoms with Gasteiger partial charge in [0, 0.05) is 13.1 Å². The normalized spacial score (nSPS) is 23.2. The molecule has 2 atom stereocenters. The molecule has 0 radical (unpaired) electrons. The summed E-state index contributed by atoms with van der Waals surface area (Å²) < 4.78 is 19.1. The maximum absolute atomic E-state index is 13.2. The lowest BCUT2D eigenvalue weighted by Gasteiger charge is -2.39. The van der Waals surface area contributed by atoms with Crippen LogP contribution in [-0.4, -0.2) is 32.8 Å². The first-order valence-corrected chi connectivity index (χ1v) is 5.97. The summed E-state index contributed by atoms with van der Waals surface area (Å²) in [5.74, 6) is 0.549. The van der Waals surface area contributed by atoms with Crippen molar-refractivity contribution in [1.29, 1.82) is 0 Å². The highest BCUT2D eigenvalue weighted by molar-refractivity contribution is 5.60. The van der Waals surface area contributed by atoms with E-state index >= 15 is 0 Å². The van der Waals surface area contributed by atoms with Crippen LogP contribution in [-0.2, 0) is 0 Å². The van der Waals surface area contributed by atoms with Crippen molar-refractivity contribution in [3.8, 4) is 5.75 Å². The van der Waals surface area contributed by atoms with E-state index < -0.39 is 0 Å². The van der Waals surface area contributed by atoms with Crippen molar-refractivity contribution in [1.82, 2.24) is 5.32 Å². The minimum atomic E-state index is -0.222. The quantitative estimate of drug-likeness (QED) is 0.872. The Labute approximate surface area is 102 Å². The Bertz CT molecular complexity index is 397. The topological polar surface area (TPSA) is 24.5 Å². The molecule has 17 heavy (non-hydrogen) atoms. The van der Waals surface area contributed by atoms with Crippen LogP contribution in [0.25, 0.3) is 0 Å². The molecule has 4 heteroatoms. The third-order valence-corrected chi connectivity index (χ3v) is 3.41. The number of nitrogens with zero attached hydrogens (tertiary/aromatic N) is 1. The van der Waals surface area contributed by atoms with E-state index in [0.29, 0.717) is 0 Å². The van der Waals surface area contributed by atoms with E-state index in [9.17, 15) is 4.39 Å². The third kappa shape index (κ3) is 2.36. The number of rotatable bonds is 3. The van der Waals surface area contributed by atoms with Gasteiger partial charge < -0.3 is 15.0 Å². The lowest BCUT2D eigenvalue weighted by atomic mass is 10.0. The Morgan fingerprint density at radius 1 is 1.47 bits per heavy atom. The van der Waals surface area contributed by atoms with E-state index in [4.69, 9.17) is 4.74 Å². The van der Waals surface area contributed by atoms with Crippen molar-refractivity contribution in [2.45, 2.75) is 25.5 Å². The summed E-state index contributed by atoms with van der Waals surface area (Å²) in [6, 6.07) is 4.93. The molecule has 2 rings (SSSR count). The van der Waals surface area contributed by atoms with Gasteiger partial charge in [-0.05, 0) is 39.1 Å². The van der Waals surface area contributed by atoms with Crippen molar-refractivity contribution in [2.75, 3.05) is 25.5 Å². The molecule has 0 fully saturated rings. The summed E-state index contributed by atoms with van der Waals surface area (Å²) in [5.41, 5.74) is 0.832. The smallest absolute Gasteiger partial charge is 0.143 e. The van der Waals surface area contributed by atoms with Crippen LogP contribution in [0.15, 0.2) is 18.2 Å². The monoisotopic (exact) mass is 238 g/mol. The first-order chi connectivity index (χ1) is 8.13. The summed E-state index contributed by atoms with van der Waals surface area (Å²) in [4.78, 5) is 2.09. The average molecular weight is 238 g/mol. The van der Waals surface area contributed by atoms with E-state index in [0.717, 1.165) is 24.4 Å². The van der Waals surface area contributed by atoms with Crippen LogP contribution in [0.2, 0.25) is 0 Å². The van der Waals surface area contributed by atoms with Crippen LogP contribution in [0.4, 0.5) is 10.1 Å². The summed E-state index contributed by atoms with van der Waals surface area (Å²) in [6.07, 6.45) is 1.09. The van der Waals surface area contributed by atoms with Gasteiger partial charge in [-0.15, -0.1) is 0 Å². The van der Waals surface area contributed by atoms with Crippen molar-refractivity contribution < 1.29 is 9.13 Å². The minimum absolute atomic E-state index is 0.144. The number of likely N-dealkylation sites (N-methyl/N-ethyl adjacent to an activating group) is 1. The van der Waals surface area contributed by atoms with Gasteiger partial charge in [0.2, 0.25) is 0 Å². The fraction of sp³-hybridized carbons (Fsp3) is 0.538. The number of fused-ring (bicyclic) bond motifs is 1. The molecule has 0 saturated heterocycles. The number of ether oxygens (including phenoxy) is 1. The van der Waals surface area contributed by atoms with E-state index in [1.807, 2.05) is 14.1 Å². The number of halogens is 1. The average Bonchev–Trinajstić information content (AvgIpc) is 2.33. The lowest BCUT2D eigenvalue weighted by Crippen LogP contribution is -2.47. The number of benzene rings is 1. The third-order valence-electron chi connectivity index (χ3n) is 3.41. The van der Waals surface area contributed by atoms with E-state index in [2.05, 4.69) is 17.1 Å². The Balaban J connectivity index is 2.22. The zero-order valence-corrected chi connectivity index (χ0v) is 10.5. The molecule has 1 N–H and O–H groups in total. The van der Waals surface area contributed by atoms with Crippen molar-refractivity contribution in [2.24, 2.45) is 0 Å². The molecule has 94 valence electrons. The highest BCUT2D eigenvalue weighted by Crippen LogP contribution is 2.36. The Morgan fingerprint density at radius 2 is 2.24 bits per heavy atom. The summed E-state index contributed by atoms with van der Waals surface area (Å²) in [7, 11) is 3.92. The second kappa shape index (κ2) is 4.92. The predicted molar refractivity (Wildman–Crippen MR) is 67.2 cm³/mol. The maximum atomic E-state index is 13.2. The van der Waals surface area contributed by atoms with Crippen LogP contribution < -0.4 is 15.0 Å². The van der Waals surface area contributed by atoms with E-state index in [1.54, 1.807) is 6.07 Å². The van der Waals surface area contributed by atoms with E-state index in [1.165, 1.54) is 12.1 Å². The van der Waals surface area contributed by atoms with Crippen molar-refractivity contribution in [3.63, 3.8) is 0 Å². The van der Waals surface area contributed by atoms with Crippen LogP contribution in [0.3, 0.4) is 0 Å². The van der Waals surface area contributed by atoms with Gasteiger partial charge in [0.25, 0.3) is 0 Å². The lowest BCUT2D eigenvalue weighted by molar-refractivity contribution is 0.151. The molecule has 1 heterocycles. The summed E-state index contributed by atoms with van der Waals surface area (Å²) in [5, 5.41) is 3.12. The first-order valence-electron chi connectivity index (χ1n) is 5.97. The number of nitrogens with one attached hydrogen (secondary N) is 1. The standard InChI is InChI=1S/C13H19FN2O/c1-9-12(6-7-15-2)17-13-5-4-10(14)8-11(13)16(9)3/h4-5,8-9,12,15H,6-7H2,1-3H3. The van der Waals surface area contributed by atoms with Gasteiger partial charge in [0.05, 0.1) is 11.7 Å². The van der Waals surface area contributed by atoms with Crippen LogP contribution in [0, 0.1) is 5.82 Å². The number of hydrogen-bond acceptors (Lipinski definition) is 3. The van der Waals surface area contributed by atoms with Crippen LogP contribution in [0.1, 0.15) is 13.3 Å². The molecule has 0 bridgehead atoms.